The number of aryl methyl sites for hydroxylation is 2. The van der Waals surface area contributed by atoms with Crippen molar-refractivity contribution in [3.8, 4) is 0 Å². The maximum atomic E-state index is 11.5. The number of hydrogen-bond acceptors (Lipinski definition) is 2. The second-order valence-corrected chi connectivity index (χ2v) is 4.91. The molecule has 0 saturated heterocycles. The molecule has 0 fully saturated rings. The molecule has 0 aliphatic heterocycles. The van der Waals surface area contributed by atoms with E-state index in [1.54, 1.807) is 0 Å². The van der Waals surface area contributed by atoms with Crippen molar-refractivity contribution in [2.75, 3.05) is 5.32 Å². The molecule has 0 radical (unpaired) electrons. The number of ether oxygens (including phenoxy) is 1. The molecule has 0 atom stereocenters. The SMILES string of the molecule is Cc1cc(Br)cc(C)c1NC(=O)OC(C)C. The fraction of sp³-hybridized carbons (Fsp3) is 0.417. The standard InChI is InChI=1S/C12H16BrNO2/c1-7(2)16-12(15)14-11-8(3)5-10(13)6-9(11)4/h5-7H,1-4H3,(H,14,15). The van der Waals surface area contributed by atoms with Crippen molar-refractivity contribution in [3.63, 3.8) is 0 Å². The van der Waals surface area contributed by atoms with Gasteiger partial charge in [0.1, 0.15) is 0 Å². The molecule has 16 heavy (non-hydrogen) atoms. The van der Waals surface area contributed by atoms with Crippen LogP contribution in [0.5, 0.6) is 0 Å². The molecule has 0 unspecified atom stereocenters. The Morgan fingerprint density at radius 2 is 1.81 bits per heavy atom. The quantitative estimate of drug-likeness (QED) is 0.891. The van der Waals surface area contributed by atoms with Gasteiger partial charge in [-0.15, -0.1) is 0 Å². The van der Waals surface area contributed by atoms with E-state index in [9.17, 15) is 4.79 Å². The largest absolute Gasteiger partial charge is 0.447 e. The van der Waals surface area contributed by atoms with Gasteiger partial charge in [0.15, 0.2) is 0 Å². The van der Waals surface area contributed by atoms with E-state index < -0.39 is 6.09 Å². The van der Waals surface area contributed by atoms with Gasteiger partial charge in [0, 0.05) is 10.2 Å². The van der Waals surface area contributed by atoms with Crippen molar-refractivity contribution >= 4 is 27.7 Å². The third kappa shape index (κ3) is 3.52. The molecule has 1 aromatic carbocycles. The van der Waals surface area contributed by atoms with E-state index in [-0.39, 0.29) is 6.10 Å². The van der Waals surface area contributed by atoms with Gasteiger partial charge in [-0.05, 0) is 51.0 Å². The molecule has 0 bridgehead atoms. The summed E-state index contributed by atoms with van der Waals surface area (Å²) in [5.41, 5.74) is 2.83. The van der Waals surface area contributed by atoms with E-state index in [1.165, 1.54) is 0 Å². The zero-order valence-electron chi connectivity index (χ0n) is 9.93. The topological polar surface area (TPSA) is 38.3 Å². The highest BCUT2D eigenvalue weighted by atomic mass is 79.9. The van der Waals surface area contributed by atoms with E-state index in [1.807, 2.05) is 39.8 Å². The first-order valence-electron chi connectivity index (χ1n) is 5.14. The Morgan fingerprint density at radius 1 is 1.31 bits per heavy atom. The number of carbonyl (C=O) groups is 1. The van der Waals surface area contributed by atoms with Gasteiger partial charge in [-0.25, -0.2) is 4.79 Å². The number of carbonyl (C=O) groups excluding carboxylic acids is 1. The van der Waals surface area contributed by atoms with Crippen LogP contribution in [0.4, 0.5) is 10.5 Å². The molecule has 0 aromatic heterocycles. The molecule has 0 spiro atoms. The molecule has 1 aromatic rings. The van der Waals surface area contributed by atoms with E-state index in [0.29, 0.717) is 0 Å². The van der Waals surface area contributed by atoms with Crippen molar-refractivity contribution in [2.24, 2.45) is 0 Å². The number of anilines is 1. The third-order valence-electron chi connectivity index (χ3n) is 2.07. The average molecular weight is 286 g/mol. The van der Waals surface area contributed by atoms with Gasteiger partial charge in [0.2, 0.25) is 0 Å². The minimum Gasteiger partial charge on any atom is -0.447 e. The van der Waals surface area contributed by atoms with Gasteiger partial charge in [0.05, 0.1) is 6.10 Å². The zero-order chi connectivity index (χ0) is 12.3. The Kier molecular flexibility index (Phi) is 4.35. The average Bonchev–Trinajstić information content (AvgIpc) is 2.09. The summed E-state index contributed by atoms with van der Waals surface area (Å²) in [6.07, 6.45) is -0.528. The second kappa shape index (κ2) is 5.34. The molecule has 0 saturated carbocycles. The Morgan fingerprint density at radius 3 is 2.25 bits per heavy atom. The van der Waals surface area contributed by atoms with Crippen LogP contribution in [-0.4, -0.2) is 12.2 Å². The maximum absolute atomic E-state index is 11.5. The van der Waals surface area contributed by atoms with Gasteiger partial charge in [-0.2, -0.15) is 0 Å². The van der Waals surface area contributed by atoms with Gasteiger partial charge in [0.25, 0.3) is 0 Å². The fourth-order valence-corrected chi connectivity index (χ4v) is 2.14. The molecule has 1 N–H and O–H groups in total. The highest BCUT2D eigenvalue weighted by molar-refractivity contribution is 9.10. The second-order valence-electron chi connectivity index (χ2n) is 3.99. The lowest BCUT2D eigenvalue weighted by Gasteiger charge is -2.13. The molecule has 1 amide bonds. The lowest BCUT2D eigenvalue weighted by Crippen LogP contribution is -2.19. The van der Waals surface area contributed by atoms with Crippen LogP contribution >= 0.6 is 15.9 Å². The zero-order valence-corrected chi connectivity index (χ0v) is 11.5. The van der Waals surface area contributed by atoms with Crippen LogP contribution in [-0.2, 0) is 4.74 Å². The summed E-state index contributed by atoms with van der Waals surface area (Å²) >= 11 is 3.41. The van der Waals surface area contributed by atoms with Crippen LogP contribution in [0.1, 0.15) is 25.0 Å². The highest BCUT2D eigenvalue weighted by Crippen LogP contribution is 2.25. The number of nitrogens with one attached hydrogen (secondary N) is 1. The number of halogens is 1. The maximum Gasteiger partial charge on any atom is 0.411 e. The molecule has 4 heteroatoms. The number of hydrogen-bond donors (Lipinski definition) is 1. The molecule has 0 heterocycles. The Labute approximate surface area is 104 Å². The van der Waals surface area contributed by atoms with Crippen molar-refractivity contribution in [3.05, 3.63) is 27.7 Å². The number of rotatable bonds is 2. The minimum atomic E-state index is -0.413. The summed E-state index contributed by atoms with van der Waals surface area (Å²) < 4.78 is 6.04. The summed E-state index contributed by atoms with van der Waals surface area (Å²) in [5, 5.41) is 2.76. The normalized spacial score (nSPS) is 10.4. The molecule has 0 aliphatic carbocycles. The van der Waals surface area contributed by atoms with Crippen LogP contribution in [0.15, 0.2) is 16.6 Å². The molecule has 1 rings (SSSR count). The van der Waals surface area contributed by atoms with Crippen molar-refractivity contribution in [1.29, 1.82) is 0 Å². The lowest BCUT2D eigenvalue weighted by atomic mass is 10.1. The molecule has 3 nitrogen and oxygen atoms in total. The van der Waals surface area contributed by atoms with E-state index >= 15 is 0 Å². The first-order valence-corrected chi connectivity index (χ1v) is 5.94. The van der Waals surface area contributed by atoms with Crippen LogP contribution in [0.3, 0.4) is 0 Å². The van der Waals surface area contributed by atoms with Crippen LogP contribution in [0.25, 0.3) is 0 Å². The third-order valence-corrected chi connectivity index (χ3v) is 2.53. The van der Waals surface area contributed by atoms with E-state index in [2.05, 4.69) is 21.2 Å². The van der Waals surface area contributed by atoms with Crippen LogP contribution in [0, 0.1) is 13.8 Å². The first-order chi connectivity index (χ1) is 7.40. The van der Waals surface area contributed by atoms with Crippen molar-refractivity contribution in [2.45, 2.75) is 33.8 Å². The molecular weight excluding hydrogens is 270 g/mol. The summed E-state index contributed by atoms with van der Waals surface area (Å²) in [7, 11) is 0. The number of amides is 1. The summed E-state index contributed by atoms with van der Waals surface area (Å²) in [6, 6.07) is 3.91. The van der Waals surface area contributed by atoms with Crippen LogP contribution < -0.4 is 5.32 Å². The van der Waals surface area contributed by atoms with Crippen molar-refractivity contribution < 1.29 is 9.53 Å². The number of benzene rings is 1. The van der Waals surface area contributed by atoms with Gasteiger partial charge in [-0.1, -0.05) is 15.9 Å². The van der Waals surface area contributed by atoms with Gasteiger partial charge >= 0.3 is 6.09 Å². The molecule has 88 valence electrons. The smallest absolute Gasteiger partial charge is 0.411 e. The minimum absolute atomic E-state index is 0.115. The van der Waals surface area contributed by atoms with Gasteiger partial charge in [-0.3, -0.25) is 5.32 Å². The molecule has 0 aliphatic rings. The summed E-state index contributed by atoms with van der Waals surface area (Å²) in [4.78, 5) is 11.5. The lowest BCUT2D eigenvalue weighted by molar-refractivity contribution is 0.130. The highest BCUT2D eigenvalue weighted by Gasteiger charge is 2.10. The predicted octanol–water partition coefficient (Wildman–Crippen LogP) is 4.02. The van der Waals surface area contributed by atoms with Crippen molar-refractivity contribution in [1.82, 2.24) is 0 Å². The van der Waals surface area contributed by atoms with E-state index in [0.717, 1.165) is 21.3 Å². The van der Waals surface area contributed by atoms with Gasteiger partial charge < -0.3 is 4.74 Å². The molecular formula is C12H16BrNO2. The first kappa shape index (κ1) is 13.0. The summed E-state index contributed by atoms with van der Waals surface area (Å²) in [6.45, 7) is 7.53. The fourth-order valence-electron chi connectivity index (χ4n) is 1.45. The Balaban J connectivity index is 2.85. The Hall–Kier alpha value is -1.03. The predicted molar refractivity (Wildman–Crippen MR) is 68.9 cm³/mol. The van der Waals surface area contributed by atoms with E-state index in [4.69, 9.17) is 4.74 Å². The Bertz CT molecular complexity index is 379. The monoisotopic (exact) mass is 285 g/mol. The van der Waals surface area contributed by atoms with Crippen LogP contribution in [0.2, 0.25) is 0 Å². The summed E-state index contributed by atoms with van der Waals surface area (Å²) in [5.74, 6) is 0.